The maximum atomic E-state index is 13.9. The summed E-state index contributed by atoms with van der Waals surface area (Å²) in [4.78, 5) is 32.3. The average molecular weight is 575 g/mol. The third-order valence-corrected chi connectivity index (χ3v) is 9.52. The van der Waals surface area contributed by atoms with E-state index in [1.807, 2.05) is 18.0 Å². The van der Waals surface area contributed by atoms with Gasteiger partial charge in [0.2, 0.25) is 5.91 Å². The van der Waals surface area contributed by atoms with Gasteiger partial charge in [0.15, 0.2) is 0 Å². The zero-order chi connectivity index (χ0) is 29.1. The molecular formula is C29H37F3N6O3. The standard InChI is InChI=1S/C29H37F3N6O3/c1-18(39)35(3)27-11-33-37(15-27)28(40)36-13-20-8-25(9-21(20)14-36)34(2)12-19-6-22(29(30,31)32)10-26(7-19)38-23-4-5-24(38)17-41-16-23/h6-7,10-11,15,20-21,23-25H,4-5,8-9,12-14,16-17H2,1-3H3/t20-,21+,23?,24?,25+. The molecule has 9 nitrogen and oxygen atoms in total. The molecular weight excluding hydrogens is 537 g/mol. The maximum absolute atomic E-state index is 13.9. The summed E-state index contributed by atoms with van der Waals surface area (Å²) in [6, 6.07) is 4.81. The van der Waals surface area contributed by atoms with Gasteiger partial charge in [0.05, 0.1) is 48.9 Å². The molecule has 5 atom stereocenters. The number of nitrogens with zero attached hydrogens (tertiary/aromatic N) is 6. The van der Waals surface area contributed by atoms with Gasteiger partial charge in [-0.3, -0.25) is 9.69 Å². The first-order chi connectivity index (χ1) is 19.5. The molecule has 41 heavy (non-hydrogen) atoms. The van der Waals surface area contributed by atoms with Gasteiger partial charge in [0.25, 0.3) is 0 Å². The molecule has 1 aromatic heterocycles. The lowest BCUT2D eigenvalue weighted by Gasteiger charge is -2.37. The molecule has 0 radical (unpaired) electrons. The lowest BCUT2D eigenvalue weighted by Crippen LogP contribution is -2.46. The lowest BCUT2D eigenvalue weighted by molar-refractivity contribution is -0.137. The number of ether oxygens (including phenoxy) is 1. The Balaban J connectivity index is 1.10. The van der Waals surface area contributed by atoms with Crippen LogP contribution in [0.5, 0.6) is 0 Å². The molecule has 3 saturated heterocycles. The van der Waals surface area contributed by atoms with Gasteiger partial charge >= 0.3 is 12.2 Å². The van der Waals surface area contributed by atoms with Crippen molar-refractivity contribution < 1.29 is 27.5 Å². The first-order valence-electron chi connectivity index (χ1n) is 14.3. The minimum Gasteiger partial charge on any atom is -0.377 e. The molecule has 12 heteroatoms. The molecule has 4 heterocycles. The predicted octanol–water partition coefficient (Wildman–Crippen LogP) is 4.06. The topological polar surface area (TPSA) is 74.2 Å². The fourth-order valence-corrected chi connectivity index (χ4v) is 7.25. The quantitative estimate of drug-likeness (QED) is 0.537. The number of fused-ring (bicyclic) bond motifs is 3. The molecule has 6 rings (SSSR count). The van der Waals surface area contributed by atoms with Gasteiger partial charge in [0.1, 0.15) is 0 Å². The molecule has 2 amide bonds. The number of rotatable bonds is 5. The van der Waals surface area contributed by atoms with Crippen LogP contribution in [0.3, 0.4) is 0 Å². The summed E-state index contributed by atoms with van der Waals surface area (Å²) in [7, 11) is 3.63. The summed E-state index contributed by atoms with van der Waals surface area (Å²) in [6.45, 7) is 4.25. The van der Waals surface area contributed by atoms with Crippen LogP contribution < -0.4 is 9.80 Å². The molecule has 222 valence electrons. The SMILES string of the molecule is CC(=O)N(C)c1cnn(C(=O)N2C[C@H]3C[C@H](N(C)Cc4cc(N5C6CCC5COC6)cc(C(F)(F)F)c4)C[C@H]3C2)c1. The third-order valence-electron chi connectivity index (χ3n) is 9.52. The summed E-state index contributed by atoms with van der Waals surface area (Å²) < 4.78 is 48.7. The van der Waals surface area contributed by atoms with E-state index in [2.05, 4.69) is 14.9 Å². The van der Waals surface area contributed by atoms with Gasteiger partial charge < -0.3 is 19.4 Å². The molecule has 3 aliphatic heterocycles. The van der Waals surface area contributed by atoms with Crippen LogP contribution in [0.25, 0.3) is 0 Å². The normalized spacial score (nSPS) is 27.5. The lowest BCUT2D eigenvalue weighted by atomic mass is 10.0. The zero-order valence-corrected chi connectivity index (χ0v) is 23.7. The number of hydrogen-bond donors (Lipinski definition) is 0. The molecule has 1 aromatic carbocycles. The van der Waals surface area contributed by atoms with Crippen LogP contribution in [0.15, 0.2) is 30.6 Å². The molecule has 0 N–H and O–H groups in total. The number of anilines is 2. The highest BCUT2D eigenvalue weighted by Crippen LogP contribution is 2.42. The van der Waals surface area contributed by atoms with E-state index >= 15 is 0 Å². The van der Waals surface area contributed by atoms with Crippen LogP contribution in [0.4, 0.5) is 29.3 Å². The number of likely N-dealkylation sites (tertiary alicyclic amines) is 1. The summed E-state index contributed by atoms with van der Waals surface area (Å²) in [5, 5.41) is 4.16. The van der Waals surface area contributed by atoms with Gasteiger partial charge in [-0.25, -0.2) is 4.79 Å². The number of halogens is 3. The van der Waals surface area contributed by atoms with Crippen molar-refractivity contribution in [1.82, 2.24) is 19.6 Å². The fourth-order valence-electron chi connectivity index (χ4n) is 7.25. The number of hydrogen-bond acceptors (Lipinski definition) is 6. The highest BCUT2D eigenvalue weighted by Gasteiger charge is 2.44. The smallest absolute Gasteiger partial charge is 0.377 e. The Morgan fingerprint density at radius 3 is 2.32 bits per heavy atom. The van der Waals surface area contributed by atoms with Gasteiger partial charge in [-0.15, -0.1) is 0 Å². The van der Waals surface area contributed by atoms with Gasteiger partial charge in [-0.05, 0) is 68.3 Å². The molecule has 2 bridgehead atoms. The van der Waals surface area contributed by atoms with Crippen molar-refractivity contribution in [3.63, 3.8) is 0 Å². The highest BCUT2D eigenvalue weighted by molar-refractivity contribution is 5.91. The van der Waals surface area contributed by atoms with Crippen LogP contribution in [0.2, 0.25) is 0 Å². The van der Waals surface area contributed by atoms with E-state index in [9.17, 15) is 22.8 Å². The predicted molar refractivity (Wildman–Crippen MR) is 147 cm³/mol. The Labute approximate surface area is 237 Å². The van der Waals surface area contributed by atoms with Gasteiger partial charge in [-0.1, -0.05) is 0 Å². The first kappa shape index (κ1) is 28.0. The van der Waals surface area contributed by atoms with Crippen molar-refractivity contribution >= 4 is 23.3 Å². The summed E-state index contributed by atoms with van der Waals surface area (Å²) >= 11 is 0. The second-order valence-electron chi connectivity index (χ2n) is 12.2. The van der Waals surface area contributed by atoms with Crippen molar-refractivity contribution in [2.75, 3.05) is 50.2 Å². The second kappa shape index (κ2) is 10.6. The maximum Gasteiger partial charge on any atom is 0.416 e. The van der Waals surface area contributed by atoms with E-state index in [1.165, 1.54) is 34.8 Å². The van der Waals surface area contributed by atoms with Crippen LogP contribution >= 0.6 is 0 Å². The number of aromatic nitrogens is 2. The molecule has 1 saturated carbocycles. The molecule has 0 spiro atoms. The minimum absolute atomic E-state index is 0.131. The number of amides is 2. The van der Waals surface area contributed by atoms with Crippen molar-refractivity contribution in [3.8, 4) is 0 Å². The number of benzene rings is 1. The van der Waals surface area contributed by atoms with Gasteiger partial charge in [-0.2, -0.15) is 23.0 Å². The van der Waals surface area contributed by atoms with Crippen molar-refractivity contribution in [2.24, 2.45) is 11.8 Å². The highest BCUT2D eigenvalue weighted by atomic mass is 19.4. The monoisotopic (exact) mass is 574 g/mol. The van der Waals surface area contributed by atoms with E-state index < -0.39 is 11.7 Å². The number of carbonyl (C=O) groups is 2. The molecule has 4 fully saturated rings. The van der Waals surface area contributed by atoms with Crippen LogP contribution in [-0.4, -0.2) is 90.0 Å². The van der Waals surface area contributed by atoms with E-state index in [1.54, 1.807) is 13.2 Å². The van der Waals surface area contributed by atoms with Crippen LogP contribution in [-0.2, 0) is 22.3 Å². The number of carbonyl (C=O) groups excluding carboxylic acids is 2. The van der Waals surface area contributed by atoms with Crippen molar-refractivity contribution in [3.05, 3.63) is 41.7 Å². The third kappa shape index (κ3) is 5.43. The molecule has 2 unspecified atom stereocenters. The Morgan fingerprint density at radius 2 is 1.71 bits per heavy atom. The van der Waals surface area contributed by atoms with E-state index in [4.69, 9.17) is 4.74 Å². The molecule has 1 aliphatic carbocycles. The fraction of sp³-hybridized carbons (Fsp3) is 0.621. The Morgan fingerprint density at radius 1 is 1.05 bits per heavy atom. The van der Waals surface area contributed by atoms with Crippen molar-refractivity contribution in [2.45, 2.75) is 63.5 Å². The molecule has 4 aliphatic rings. The summed E-state index contributed by atoms with van der Waals surface area (Å²) in [5.41, 5.74) is 1.28. The second-order valence-corrected chi connectivity index (χ2v) is 12.2. The van der Waals surface area contributed by atoms with E-state index in [0.717, 1.165) is 25.7 Å². The van der Waals surface area contributed by atoms with Crippen LogP contribution in [0.1, 0.15) is 43.7 Å². The average Bonchev–Trinajstić information content (AvgIpc) is 3.69. The zero-order valence-electron chi connectivity index (χ0n) is 23.7. The van der Waals surface area contributed by atoms with E-state index in [0.29, 0.717) is 61.6 Å². The summed E-state index contributed by atoms with van der Waals surface area (Å²) in [6.07, 6.45) is 2.33. The van der Waals surface area contributed by atoms with Gasteiger partial charge in [0, 0.05) is 45.3 Å². The van der Waals surface area contributed by atoms with E-state index in [-0.39, 0.29) is 30.1 Å². The summed E-state index contributed by atoms with van der Waals surface area (Å²) in [5.74, 6) is 0.530. The molecule has 2 aromatic rings. The minimum atomic E-state index is -4.41. The van der Waals surface area contributed by atoms with Crippen LogP contribution in [0, 0.1) is 11.8 Å². The largest absolute Gasteiger partial charge is 0.416 e. The Hall–Kier alpha value is -3.12. The Kier molecular flexibility index (Phi) is 7.25. The number of alkyl halides is 3. The first-order valence-corrected chi connectivity index (χ1v) is 14.3. The van der Waals surface area contributed by atoms with Crippen molar-refractivity contribution in [1.29, 1.82) is 0 Å². The Bertz CT molecular complexity index is 1280. The number of morpholine rings is 1.